The molecule has 8 nitrogen and oxygen atoms in total. The van der Waals surface area contributed by atoms with Crippen molar-refractivity contribution in [3.8, 4) is 11.3 Å². The van der Waals surface area contributed by atoms with Gasteiger partial charge in [0.25, 0.3) is 5.91 Å². The van der Waals surface area contributed by atoms with Crippen LogP contribution >= 0.6 is 0 Å². The van der Waals surface area contributed by atoms with Gasteiger partial charge in [-0.05, 0) is 12.0 Å². The molecule has 2 atom stereocenters. The third-order valence-electron chi connectivity index (χ3n) is 4.92. The van der Waals surface area contributed by atoms with E-state index in [2.05, 4.69) is 26.7 Å². The van der Waals surface area contributed by atoms with Crippen LogP contribution in [0.15, 0.2) is 71.3 Å². The molecule has 3 aromatic rings. The molecule has 1 aromatic heterocycles. The van der Waals surface area contributed by atoms with E-state index >= 15 is 0 Å². The summed E-state index contributed by atoms with van der Waals surface area (Å²) in [5.41, 5.74) is 13.0. The van der Waals surface area contributed by atoms with E-state index in [0.29, 0.717) is 24.5 Å². The predicted octanol–water partition coefficient (Wildman–Crippen LogP) is 2.03. The molecule has 2 amide bonds. The number of aryl methyl sites for hydroxylation is 1. The van der Waals surface area contributed by atoms with E-state index < -0.39 is 6.04 Å². The minimum absolute atomic E-state index is 0.0430. The SMILES string of the molecule is O=C(CCc1ncc(-c2ccccc2)o1)NNC(=O)C1CC(c2ccccc2)NN1. The second kappa shape index (κ2) is 9.34. The zero-order valence-corrected chi connectivity index (χ0v) is 16.3. The van der Waals surface area contributed by atoms with Crippen LogP contribution in [0, 0.1) is 0 Å². The summed E-state index contributed by atoms with van der Waals surface area (Å²) in [6.45, 7) is 0. The van der Waals surface area contributed by atoms with Gasteiger partial charge in [0, 0.05) is 24.4 Å². The molecule has 1 aliphatic rings. The number of hydrogen-bond acceptors (Lipinski definition) is 6. The van der Waals surface area contributed by atoms with Crippen LogP contribution in [0.4, 0.5) is 0 Å². The molecule has 0 radical (unpaired) electrons. The zero-order chi connectivity index (χ0) is 20.8. The van der Waals surface area contributed by atoms with Gasteiger partial charge in [0.1, 0.15) is 6.04 Å². The summed E-state index contributed by atoms with van der Waals surface area (Å²) in [5, 5.41) is 0. The molecule has 4 N–H and O–H groups in total. The van der Waals surface area contributed by atoms with E-state index in [1.54, 1.807) is 6.20 Å². The normalized spacial score (nSPS) is 18.1. The van der Waals surface area contributed by atoms with Crippen molar-refractivity contribution in [3.63, 3.8) is 0 Å². The maximum absolute atomic E-state index is 12.3. The Morgan fingerprint density at radius 2 is 1.73 bits per heavy atom. The van der Waals surface area contributed by atoms with Crippen LogP contribution in [-0.2, 0) is 16.0 Å². The molecule has 0 saturated carbocycles. The van der Waals surface area contributed by atoms with Gasteiger partial charge in [-0.2, -0.15) is 0 Å². The van der Waals surface area contributed by atoms with Gasteiger partial charge in [0.2, 0.25) is 5.91 Å². The van der Waals surface area contributed by atoms with Crippen molar-refractivity contribution in [2.24, 2.45) is 0 Å². The van der Waals surface area contributed by atoms with Gasteiger partial charge in [0.05, 0.1) is 6.20 Å². The summed E-state index contributed by atoms with van der Waals surface area (Å²) in [6, 6.07) is 19.1. The number of aromatic nitrogens is 1. The number of carbonyl (C=O) groups excluding carboxylic acids is 2. The Hall–Kier alpha value is -3.49. The van der Waals surface area contributed by atoms with Gasteiger partial charge in [-0.15, -0.1) is 0 Å². The lowest BCUT2D eigenvalue weighted by atomic mass is 10.0. The zero-order valence-electron chi connectivity index (χ0n) is 16.3. The Labute approximate surface area is 174 Å². The van der Waals surface area contributed by atoms with Crippen molar-refractivity contribution < 1.29 is 14.0 Å². The molecule has 0 bridgehead atoms. The van der Waals surface area contributed by atoms with Crippen molar-refractivity contribution in [2.45, 2.75) is 31.3 Å². The molecule has 0 spiro atoms. The van der Waals surface area contributed by atoms with Gasteiger partial charge in [-0.1, -0.05) is 60.7 Å². The molecule has 30 heavy (non-hydrogen) atoms. The van der Waals surface area contributed by atoms with Crippen LogP contribution in [0.3, 0.4) is 0 Å². The monoisotopic (exact) mass is 405 g/mol. The molecule has 0 aliphatic carbocycles. The summed E-state index contributed by atoms with van der Waals surface area (Å²) >= 11 is 0. The number of hydrazine groups is 2. The number of hydrogen-bond donors (Lipinski definition) is 4. The highest BCUT2D eigenvalue weighted by Crippen LogP contribution is 2.22. The van der Waals surface area contributed by atoms with Gasteiger partial charge in [-0.3, -0.25) is 20.4 Å². The van der Waals surface area contributed by atoms with E-state index in [4.69, 9.17) is 4.42 Å². The fourth-order valence-electron chi connectivity index (χ4n) is 3.30. The van der Waals surface area contributed by atoms with Crippen molar-refractivity contribution in [1.29, 1.82) is 0 Å². The van der Waals surface area contributed by atoms with E-state index in [-0.39, 0.29) is 24.3 Å². The largest absolute Gasteiger partial charge is 0.441 e. The number of benzene rings is 2. The number of amides is 2. The highest BCUT2D eigenvalue weighted by Gasteiger charge is 2.30. The third kappa shape index (κ3) is 4.91. The second-order valence-corrected chi connectivity index (χ2v) is 7.06. The van der Waals surface area contributed by atoms with Crippen LogP contribution < -0.4 is 21.7 Å². The fourth-order valence-corrected chi connectivity index (χ4v) is 3.30. The van der Waals surface area contributed by atoms with E-state index in [1.165, 1.54) is 0 Å². The summed E-state index contributed by atoms with van der Waals surface area (Å²) < 4.78 is 5.68. The minimum atomic E-state index is -0.435. The Bertz CT molecular complexity index is 990. The van der Waals surface area contributed by atoms with E-state index in [1.807, 2.05) is 60.7 Å². The van der Waals surface area contributed by atoms with Crippen LogP contribution in [0.2, 0.25) is 0 Å². The van der Waals surface area contributed by atoms with Gasteiger partial charge >= 0.3 is 0 Å². The van der Waals surface area contributed by atoms with Gasteiger partial charge in [0.15, 0.2) is 11.7 Å². The lowest BCUT2D eigenvalue weighted by Crippen LogP contribution is -2.50. The Morgan fingerprint density at radius 3 is 2.50 bits per heavy atom. The summed E-state index contributed by atoms with van der Waals surface area (Å²) in [4.78, 5) is 28.6. The molecule has 2 unspecified atom stereocenters. The van der Waals surface area contributed by atoms with Crippen molar-refractivity contribution in [3.05, 3.63) is 78.3 Å². The molecule has 8 heteroatoms. The van der Waals surface area contributed by atoms with Crippen LogP contribution in [0.1, 0.15) is 30.3 Å². The van der Waals surface area contributed by atoms with Crippen molar-refractivity contribution >= 4 is 11.8 Å². The Kier molecular flexibility index (Phi) is 6.17. The number of oxazole rings is 1. The topological polar surface area (TPSA) is 108 Å². The Morgan fingerprint density at radius 1 is 1.00 bits per heavy atom. The molecule has 2 aromatic carbocycles. The number of nitrogens with zero attached hydrogens (tertiary/aromatic N) is 1. The molecular formula is C22H23N5O3. The molecule has 2 heterocycles. The maximum atomic E-state index is 12.3. The molecule has 4 rings (SSSR count). The lowest BCUT2D eigenvalue weighted by molar-refractivity contribution is -0.129. The predicted molar refractivity (Wildman–Crippen MR) is 110 cm³/mol. The van der Waals surface area contributed by atoms with E-state index in [9.17, 15) is 9.59 Å². The molecule has 1 fully saturated rings. The highest BCUT2D eigenvalue weighted by atomic mass is 16.4. The summed E-state index contributed by atoms with van der Waals surface area (Å²) in [6.07, 6.45) is 2.72. The van der Waals surface area contributed by atoms with Crippen LogP contribution in [-0.4, -0.2) is 22.8 Å². The molecule has 154 valence electrons. The van der Waals surface area contributed by atoms with Gasteiger partial charge < -0.3 is 4.42 Å². The standard InChI is InChI=1S/C22H23N5O3/c28-20(11-12-21-23-14-19(30-21)16-9-5-2-6-10-16)26-27-22(29)18-13-17(24-25-18)15-7-3-1-4-8-15/h1-10,14,17-18,24-25H,11-13H2,(H,26,28)(H,27,29). The van der Waals surface area contributed by atoms with Crippen LogP contribution in [0.25, 0.3) is 11.3 Å². The average molecular weight is 405 g/mol. The van der Waals surface area contributed by atoms with Crippen molar-refractivity contribution in [1.82, 2.24) is 26.7 Å². The maximum Gasteiger partial charge on any atom is 0.256 e. The number of nitrogens with one attached hydrogen (secondary N) is 4. The first kappa shape index (κ1) is 19.8. The molecule has 1 aliphatic heterocycles. The molecular weight excluding hydrogens is 382 g/mol. The fraction of sp³-hybridized carbons (Fsp3) is 0.227. The highest BCUT2D eigenvalue weighted by molar-refractivity contribution is 5.85. The van der Waals surface area contributed by atoms with E-state index in [0.717, 1.165) is 11.1 Å². The van der Waals surface area contributed by atoms with Gasteiger partial charge in [-0.25, -0.2) is 15.8 Å². The third-order valence-corrected chi connectivity index (χ3v) is 4.92. The first-order valence-electron chi connectivity index (χ1n) is 9.84. The first-order valence-corrected chi connectivity index (χ1v) is 9.84. The Balaban J connectivity index is 1.20. The minimum Gasteiger partial charge on any atom is -0.441 e. The molecule has 1 saturated heterocycles. The smallest absolute Gasteiger partial charge is 0.256 e. The average Bonchev–Trinajstić information content (AvgIpc) is 3.47. The summed E-state index contributed by atoms with van der Waals surface area (Å²) in [7, 11) is 0. The quantitative estimate of drug-likeness (QED) is 0.468. The lowest BCUT2D eigenvalue weighted by Gasteiger charge is -2.11. The van der Waals surface area contributed by atoms with Crippen molar-refractivity contribution in [2.75, 3.05) is 0 Å². The first-order chi connectivity index (χ1) is 14.7. The number of rotatable bonds is 6. The summed E-state index contributed by atoms with van der Waals surface area (Å²) in [5.74, 6) is 0.528. The van der Waals surface area contributed by atoms with Crippen LogP contribution in [0.5, 0.6) is 0 Å². The second-order valence-electron chi connectivity index (χ2n) is 7.06. The number of carbonyl (C=O) groups is 2.